The summed E-state index contributed by atoms with van der Waals surface area (Å²) in [4.78, 5) is 0. The third-order valence-electron chi connectivity index (χ3n) is 13.2. The Labute approximate surface area is 677 Å². The lowest BCUT2D eigenvalue weighted by Crippen LogP contribution is -2.15. The van der Waals surface area contributed by atoms with Crippen molar-refractivity contribution in [2.24, 2.45) is 0 Å². The number of rotatable bonds is 104. The molecule has 684 valence electrons. The Morgan fingerprint density at radius 1 is 0.106 bits per heavy atom. The molecule has 0 fully saturated rings. The van der Waals surface area contributed by atoms with Crippen molar-refractivity contribution in [3.63, 3.8) is 0 Å². The van der Waals surface area contributed by atoms with Gasteiger partial charge in [-0.3, -0.25) is 0 Å². The van der Waals surface area contributed by atoms with Gasteiger partial charge in [-0.2, -0.15) is 0 Å². The Kier molecular flexibility index (Phi) is 122. The van der Waals surface area contributed by atoms with Gasteiger partial charge in [0.2, 0.25) is 0 Å². The molecule has 0 aromatic carbocycles. The molecule has 0 bridgehead atoms. The van der Waals surface area contributed by atoms with Crippen molar-refractivity contribution in [2.75, 3.05) is 477 Å². The van der Waals surface area contributed by atoms with E-state index in [2.05, 4.69) is 13.8 Å². The highest BCUT2D eigenvalue weighted by Crippen LogP contribution is 1.94. The molecule has 0 radical (unpaired) electrons. The third kappa shape index (κ3) is 124. The summed E-state index contributed by atoms with van der Waals surface area (Å²) in [6, 6.07) is 0. The Balaban J connectivity index is -0.00000164. The van der Waals surface area contributed by atoms with Crippen LogP contribution in [0.1, 0.15) is 26.7 Å². The van der Waals surface area contributed by atoms with Gasteiger partial charge in [-0.25, -0.2) is 0 Å². The standard InChI is InChI=1S/C30H62O14.C27H56O13.C19H40O10/c1-3-4-32-7-8-34-11-12-36-15-16-38-19-20-40-23-24-42-27-28-44-30-29-43-26-25-41-22-21-39-18-17-37-14-13-35-10-9-33-6-5-31-2;1-2-4-29-6-8-31-10-12-33-14-16-35-18-20-37-22-24-39-26-27-40-25-23-38-21-19-36-17-15-34-13-11-32-9-7-30-5-3-28;1-21-4-5-23-8-9-25-12-13-27-16-17-29-19-18-28-15-14-26-11-10-24-7-6-22-3-2-20/h3-30H2,1-2H3;28H,2-27H2,1H3;20H,2-19H2,1H3. The molecule has 0 heterocycles. The van der Waals surface area contributed by atoms with Gasteiger partial charge in [-0.05, 0) is 12.8 Å². The molecular weight excluding hydrogens is 1500 g/mol. The van der Waals surface area contributed by atoms with Crippen molar-refractivity contribution < 1.29 is 176 Å². The summed E-state index contributed by atoms with van der Waals surface area (Å²) in [7, 11) is 3.29. The Bertz CT molecular complexity index is 1440. The summed E-state index contributed by atoms with van der Waals surface area (Å²) in [6.07, 6.45) is 2.05. The molecule has 0 aliphatic carbocycles. The molecule has 0 aliphatic rings. The van der Waals surface area contributed by atoms with Crippen LogP contribution in [0.4, 0.5) is 0 Å². The minimum absolute atomic E-state index is 0.0269. The fourth-order valence-corrected chi connectivity index (χ4v) is 7.61. The zero-order chi connectivity index (χ0) is 81.7. The molecule has 0 amide bonds. The SMILES string of the molecule is CCCOCCOCCOCCOCCOCCOCCOCCOCCOCCOCCOCCOCCO.CCCOCCOCCOCCOCCOCCOCCOCCOCCOCCOCCOCCOCCOCCOC.COCCOCCOCCOCCOCCOCCOCCOCCOCCO. The zero-order valence-electron chi connectivity index (χ0n) is 70.1. The second-order valence-electron chi connectivity index (χ2n) is 22.6. The molecule has 37 nitrogen and oxygen atoms in total. The number of hydrogen-bond acceptors (Lipinski definition) is 37. The van der Waals surface area contributed by atoms with Crippen LogP contribution in [0.2, 0.25) is 0 Å². The Morgan fingerprint density at radius 3 is 0.248 bits per heavy atom. The smallest absolute Gasteiger partial charge is 0.0701 e. The van der Waals surface area contributed by atoms with E-state index in [-0.39, 0.29) is 13.2 Å². The lowest BCUT2D eigenvalue weighted by atomic mass is 10.5. The first-order valence-corrected chi connectivity index (χ1v) is 40.5. The first-order chi connectivity index (χ1) is 56.2. The van der Waals surface area contributed by atoms with Gasteiger partial charge in [-0.15, -0.1) is 0 Å². The van der Waals surface area contributed by atoms with Gasteiger partial charge in [0, 0.05) is 27.4 Å². The first-order valence-electron chi connectivity index (χ1n) is 40.5. The molecular formula is C76H158O37. The topological polar surface area (TPSA) is 364 Å². The molecule has 0 aromatic heterocycles. The maximum Gasteiger partial charge on any atom is 0.0701 e. The van der Waals surface area contributed by atoms with Gasteiger partial charge in [-0.1, -0.05) is 13.8 Å². The summed E-state index contributed by atoms with van der Waals surface area (Å²) in [5.41, 5.74) is 0. The summed E-state index contributed by atoms with van der Waals surface area (Å²) < 4.78 is 188. The predicted molar refractivity (Wildman–Crippen MR) is 416 cm³/mol. The van der Waals surface area contributed by atoms with Crippen LogP contribution in [0.15, 0.2) is 0 Å². The van der Waals surface area contributed by atoms with E-state index in [4.69, 9.17) is 176 Å². The minimum atomic E-state index is 0.0269. The van der Waals surface area contributed by atoms with E-state index in [9.17, 15) is 0 Å². The molecule has 0 atom stereocenters. The van der Waals surface area contributed by atoms with Crippen molar-refractivity contribution in [1.82, 2.24) is 0 Å². The van der Waals surface area contributed by atoms with Gasteiger partial charge < -0.3 is 176 Å². The molecule has 2 N–H and O–H groups in total. The monoisotopic (exact) mass is 1660 g/mol. The molecule has 0 rings (SSSR count). The quantitative estimate of drug-likeness (QED) is 0.0817. The van der Waals surface area contributed by atoms with Crippen LogP contribution >= 0.6 is 0 Å². The second kappa shape index (κ2) is 119. The molecule has 113 heavy (non-hydrogen) atoms. The molecule has 37 heteroatoms. The summed E-state index contributed by atoms with van der Waals surface area (Å²) in [5.74, 6) is 0. The first kappa shape index (κ1) is 116. The molecule has 0 aliphatic heterocycles. The normalized spacial score (nSPS) is 11.5. The third-order valence-corrected chi connectivity index (χ3v) is 13.2. The van der Waals surface area contributed by atoms with Crippen molar-refractivity contribution in [3.05, 3.63) is 0 Å². The fraction of sp³-hybridized carbons (Fsp3) is 1.00. The van der Waals surface area contributed by atoms with Gasteiger partial charge in [0.25, 0.3) is 0 Å². The number of hydrogen-bond donors (Lipinski definition) is 2. The molecule has 0 spiro atoms. The number of methoxy groups -OCH3 is 2. The zero-order valence-corrected chi connectivity index (χ0v) is 70.1. The van der Waals surface area contributed by atoms with Gasteiger partial charge in [0.15, 0.2) is 0 Å². The lowest BCUT2D eigenvalue weighted by molar-refractivity contribution is -0.0293. The van der Waals surface area contributed by atoms with Crippen molar-refractivity contribution in [2.45, 2.75) is 26.7 Å². The van der Waals surface area contributed by atoms with Crippen LogP contribution in [0.25, 0.3) is 0 Å². The largest absolute Gasteiger partial charge is 0.394 e. The van der Waals surface area contributed by atoms with Gasteiger partial charge in [0.1, 0.15) is 0 Å². The van der Waals surface area contributed by atoms with Crippen molar-refractivity contribution >= 4 is 0 Å². The lowest BCUT2D eigenvalue weighted by Gasteiger charge is -2.09. The van der Waals surface area contributed by atoms with Crippen molar-refractivity contribution in [1.29, 1.82) is 0 Å². The molecule has 0 saturated carbocycles. The van der Waals surface area contributed by atoms with E-state index in [1.54, 1.807) is 14.2 Å². The Morgan fingerprint density at radius 2 is 0.177 bits per heavy atom. The van der Waals surface area contributed by atoms with Crippen LogP contribution in [0, 0.1) is 0 Å². The highest BCUT2D eigenvalue weighted by molar-refractivity contribution is 4.45. The van der Waals surface area contributed by atoms with Crippen molar-refractivity contribution in [3.8, 4) is 0 Å². The van der Waals surface area contributed by atoms with E-state index >= 15 is 0 Å². The van der Waals surface area contributed by atoms with E-state index in [1.807, 2.05) is 0 Å². The molecule has 0 unspecified atom stereocenters. The van der Waals surface area contributed by atoms with Gasteiger partial charge in [0.05, 0.1) is 449 Å². The highest BCUT2D eigenvalue weighted by atomic mass is 16.6. The summed E-state index contributed by atoms with van der Waals surface area (Å²) >= 11 is 0. The average Bonchev–Trinajstić information content (AvgIpc) is 3.81. The summed E-state index contributed by atoms with van der Waals surface area (Å²) in [5, 5.41) is 17.1. The molecule has 0 saturated heterocycles. The maximum absolute atomic E-state index is 8.56. The predicted octanol–water partition coefficient (Wildman–Crippen LogP) is 1.60. The molecule has 0 aromatic rings. The van der Waals surface area contributed by atoms with E-state index < -0.39 is 0 Å². The Hall–Kier alpha value is -1.48. The minimum Gasteiger partial charge on any atom is -0.394 e. The average molecular weight is 1660 g/mol. The van der Waals surface area contributed by atoms with Crippen LogP contribution in [-0.2, 0) is 166 Å². The second-order valence-corrected chi connectivity index (χ2v) is 22.6. The van der Waals surface area contributed by atoms with E-state index in [0.29, 0.717) is 436 Å². The van der Waals surface area contributed by atoms with E-state index in [0.717, 1.165) is 26.1 Å². The van der Waals surface area contributed by atoms with Crippen LogP contribution < -0.4 is 0 Å². The fourth-order valence-electron chi connectivity index (χ4n) is 7.61. The van der Waals surface area contributed by atoms with Crippen LogP contribution in [0.5, 0.6) is 0 Å². The number of ether oxygens (including phenoxy) is 35. The number of aliphatic hydroxyl groups excluding tert-OH is 2. The summed E-state index contributed by atoms with van der Waals surface area (Å²) in [6.45, 7) is 40.5. The highest BCUT2D eigenvalue weighted by Gasteiger charge is 2.03. The van der Waals surface area contributed by atoms with E-state index in [1.165, 1.54) is 0 Å². The number of aliphatic hydroxyl groups is 2. The van der Waals surface area contributed by atoms with Gasteiger partial charge >= 0.3 is 0 Å². The maximum atomic E-state index is 8.56. The van der Waals surface area contributed by atoms with Crippen LogP contribution in [-0.4, -0.2) is 487 Å². The van der Waals surface area contributed by atoms with Crippen LogP contribution in [0.3, 0.4) is 0 Å².